The van der Waals surface area contributed by atoms with Crippen molar-refractivity contribution >= 4 is 23.0 Å². The van der Waals surface area contributed by atoms with Gasteiger partial charge < -0.3 is 0 Å². The zero-order chi connectivity index (χ0) is 14.7. The van der Waals surface area contributed by atoms with E-state index in [1.807, 2.05) is 18.2 Å². The predicted molar refractivity (Wildman–Crippen MR) is 87.5 cm³/mol. The van der Waals surface area contributed by atoms with Gasteiger partial charge in [-0.05, 0) is 54.7 Å². The SMILES string of the molecule is O=C(c1ccc(Cl)cc1)C1CC=C(c2ccccc2)CC1. The van der Waals surface area contributed by atoms with Crippen molar-refractivity contribution < 1.29 is 4.79 Å². The normalized spacial score (nSPS) is 18.1. The number of hydrogen-bond donors (Lipinski definition) is 0. The molecule has 0 spiro atoms. The van der Waals surface area contributed by atoms with Crippen LogP contribution in [0.4, 0.5) is 0 Å². The third-order valence-corrected chi connectivity index (χ3v) is 4.31. The molecule has 1 aliphatic rings. The third-order valence-electron chi connectivity index (χ3n) is 4.06. The highest BCUT2D eigenvalue weighted by atomic mass is 35.5. The molecule has 106 valence electrons. The summed E-state index contributed by atoms with van der Waals surface area (Å²) in [6, 6.07) is 17.6. The minimum absolute atomic E-state index is 0.0960. The fourth-order valence-corrected chi connectivity index (χ4v) is 2.96. The van der Waals surface area contributed by atoms with Gasteiger partial charge in [0, 0.05) is 16.5 Å². The summed E-state index contributed by atoms with van der Waals surface area (Å²) in [6.07, 6.45) is 4.93. The van der Waals surface area contributed by atoms with Gasteiger partial charge in [-0.25, -0.2) is 0 Å². The second kappa shape index (κ2) is 6.28. The maximum atomic E-state index is 12.5. The first-order valence-corrected chi connectivity index (χ1v) is 7.66. The van der Waals surface area contributed by atoms with E-state index in [-0.39, 0.29) is 11.7 Å². The van der Waals surface area contributed by atoms with E-state index in [9.17, 15) is 4.79 Å². The van der Waals surface area contributed by atoms with Crippen LogP contribution in [0.3, 0.4) is 0 Å². The van der Waals surface area contributed by atoms with Gasteiger partial charge in [-0.3, -0.25) is 4.79 Å². The van der Waals surface area contributed by atoms with Gasteiger partial charge in [-0.2, -0.15) is 0 Å². The van der Waals surface area contributed by atoms with Crippen molar-refractivity contribution in [3.05, 3.63) is 76.8 Å². The molecule has 1 nitrogen and oxygen atoms in total. The molecule has 2 heteroatoms. The molecule has 2 aromatic carbocycles. The molecule has 0 radical (unpaired) electrons. The summed E-state index contributed by atoms with van der Waals surface area (Å²) in [5.41, 5.74) is 3.40. The van der Waals surface area contributed by atoms with Gasteiger partial charge in [0.05, 0.1) is 0 Å². The number of hydrogen-bond acceptors (Lipinski definition) is 1. The molecule has 3 rings (SSSR count). The summed E-state index contributed by atoms with van der Waals surface area (Å²) in [5.74, 6) is 0.327. The zero-order valence-corrected chi connectivity index (χ0v) is 12.5. The molecule has 0 amide bonds. The van der Waals surface area contributed by atoms with Crippen molar-refractivity contribution in [2.24, 2.45) is 5.92 Å². The summed E-state index contributed by atoms with van der Waals surface area (Å²) in [7, 11) is 0. The summed E-state index contributed by atoms with van der Waals surface area (Å²) in [5, 5.41) is 0.668. The van der Waals surface area contributed by atoms with Gasteiger partial charge in [0.2, 0.25) is 0 Å². The Bertz CT molecular complexity index is 656. The van der Waals surface area contributed by atoms with Crippen LogP contribution in [0, 0.1) is 5.92 Å². The average Bonchev–Trinajstić information content (AvgIpc) is 2.56. The molecule has 1 atom stereocenters. The van der Waals surface area contributed by atoms with Crippen LogP contribution in [0.5, 0.6) is 0 Å². The van der Waals surface area contributed by atoms with E-state index in [1.165, 1.54) is 11.1 Å². The molecule has 0 heterocycles. The van der Waals surface area contributed by atoms with Gasteiger partial charge in [-0.15, -0.1) is 0 Å². The molecule has 0 N–H and O–H groups in total. The molecule has 1 aliphatic carbocycles. The van der Waals surface area contributed by atoms with E-state index >= 15 is 0 Å². The van der Waals surface area contributed by atoms with Crippen LogP contribution < -0.4 is 0 Å². The standard InChI is InChI=1S/C19H17ClO/c20-18-12-10-17(11-13-18)19(21)16-8-6-15(7-9-16)14-4-2-1-3-5-14/h1-6,10-13,16H,7-9H2. The Balaban J connectivity index is 1.72. The summed E-state index contributed by atoms with van der Waals surface area (Å²) in [4.78, 5) is 12.5. The molecular formula is C19H17ClO. The van der Waals surface area contributed by atoms with E-state index in [0.717, 1.165) is 24.8 Å². The Morgan fingerprint density at radius 1 is 1.00 bits per heavy atom. The average molecular weight is 297 g/mol. The number of rotatable bonds is 3. The summed E-state index contributed by atoms with van der Waals surface area (Å²) in [6.45, 7) is 0. The number of carbonyl (C=O) groups is 1. The minimum atomic E-state index is 0.0960. The smallest absolute Gasteiger partial charge is 0.166 e. The molecule has 21 heavy (non-hydrogen) atoms. The first-order valence-electron chi connectivity index (χ1n) is 7.28. The molecule has 0 fully saturated rings. The quantitative estimate of drug-likeness (QED) is 0.692. The largest absolute Gasteiger partial charge is 0.294 e. The fourth-order valence-electron chi connectivity index (χ4n) is 2.84. The first-order chi connectivity index (χ1) is 10.2. The van der Waals surface area contributed by atoms with E-state index in [2.05, 4.69) is 30.3 Å². The Morgan fingerprint density at radius 2 is 1.71 bits per heavy atom. The van der Waals surface area contributed by atoms with E-state index in [0.29, 0.717) is 5.02 Å². The van der Waals surface area contributed by atoms with Gasteiger partial charge in [0.1, 0.15) is 0 Å². The van der Waals surface area contributed by atoms with Gasteiger partial charge in [0.15, 0.2) is 5.78 Å². The van der Waals surface area contributed by atoms with Crippen molar-refractivity contribution in [1.82, 2.24) is 0 Å². The van der Waals surface area contributed by atoms with Crippen molar-refractivity contribution in [1.29, 1.82) is 0 Å². The van der Waals surface area contributed by atoms with Crippen molar-refractivity contribution in [3.63, 3.8) is 0 Å². The van der Waals surface area contributed by atoms with Crippen molar-refractivity contribution in [2.45, 2.75) is 19.3 Å². The number of halogens is 1. The fraction of sp³-hybridized carbons (Fsp3) is 0.211. The Hall–Kier alpha value is -1.86. The van der Waals surface area contributed by atoms with Crippen LogP contribution in [-0.4, -0.2) is 5.78 Å². The van der Waals surface area contributed by atoms with Gasteiger partial charge >= 0.3 is 0 Å². The number of benzene rings is 2. The van der Waals surface area contributed by atoms with Gasteiger partial charge in [0.25, 0.3) is 0 Å². The third kappa shape index (κ3) is 3.25. The molecular weight excluding hydrogens is 280 g/mol. The van der Waals surface area contributed by atoms with Crippen LogP contribution >= 0.6 is 11.6 Å². The number of carbonyl (C=O) groups excluding carboxylic acids is 1. The van der Waals surface area contributed by atoms with E-state index < -0.39 is 0 Å². The first kappa shape index (κ1) is 14.1. The van der Waals surface area contributed by atoms with Crippen molar-refractivity contribution in [3.8, 4) is 0 Å². The van der Waals surface area contributed by atoms with Gasteiger partial charge in [-0.1, -0.05) is 48.0 Å². The Labute approximate surface area is 130 Å². The lowest BCUT2D eigenvalue weighted by Gasteiger charge is -2.21. The zero-order valence-electron chi connectivity index (χ0n) is 11.8. The maximum Gasteiger partial charge on any atom is 0.166 e. The summed E-state index contributed by atoms with van der Waals surface area (Å²) >= 11 is 5.87. The minimum Gasteiger partial charge on any atom is -0.294 e. The monoisotopic (exact) mass is 296 g/mol. The molecule has 0 aromatic heterocycles. The Kier molecular flexibility index (Phi) is 4.21. The second-order valence-corrected chi connectivity index (χ2v) is 5.87. The van der Waals surface area contributed by atoms with Crippen LogP contribution in [0.2, 0.25) is 5.02 Å². The molecule has 0 saturated heterocycles. The number of allylic oxidation sites excluding steroid dienone is 2. The van der Waals surface area contributed by atoms with E-state index in [4.69, 9.17) is 11.6 Å². The highest BCUT2D eigenvalue weighted by molar-refractivity contribution is 6.30. The van der Waals surface area contributed by atoms with Crippen molar-refractivity contribution in [2.75, 3.05) is 0 Å². The maximum absolute atomic E-state index is 12.5. The molecule has 2 aromatic rings. The lowest BCUT2D eigenvalue weighted by atomic mass is 9.82. The number of Topliss-reactive ketones (excluding diaryl/α,β-unsaturated/α-hetero) is 1. The topological polar surface area (TPSA) is 17.1 Å². The van der Waals surface area contributed by atoms with Crippen LogP contribution in [0.1, 0.15) is 35.2 Å². The lowest BCUT2D eigenvalue weighted by molar-refractivity contribution is 0.0913. The lowest BCUT2D eigenvalue weighted by Crippen LogP contribution is -2.17. The number of ketones is 1. The van der Waals surface area contributed by atoms with E-state index in [1.54, 1.807) is 12.1 Å². The molecule has 0 bridgehead atoms. The molecule has 1 unspecified atom stereocenters. The van der Waals surface area contributed by atoms with Crippen LogP contribution in [-0.2, 0) is 0 Å². The molecule has 0 aliphatic heterocycles. The Morgan fingerprint density at radius 3 is 2.33 bits per heavy atom. The highest BCUT2D eigenvalue weighted by Gasteiger charge is 2.22. The second-order valence-electron chi connectivity index (χ2n) is 5.44. The predicted octanol–water partition coefficient (Wildman–Crippen LogP) is 5.41. The van der Waals surface area contributed by atoms with Crippen LogP contribution in [0.15, 0.2) is 60.7 Å². The highest BCUT2D eigenvalue weighted by Crippen LogP contribution is 2.32. The summed E-state index contributed by atoms with van der Waals surface area (Å²) < 4.78 is 0. The van der Waals surface area contributed by atoms with Crippen LogP contribution in [0.25, 0.3) is 5.57 Å². The molecule has 0 saturated carbocycles.